The SMILES string of the molecule is c1ccc(-c2ccc3c(c2)c2cc(-c4ccccc4)ccc2c2nc(-c4cccc(-c5cccc(-c6cccc(-c7cccc8c7sc7ccccc78)c6)c5)c4)cnc32)cc1. The normalized spacial score (nSPS) is 11.6. The van der Waals surface area contributed by atoms with E-state index in [4.69, 9.17) is 9.97 Å². The number of nitrogens with zero attached hydrogens (tertiary/aromatic N) is 2. The summed E-state index contributed by atoms with van der Waals surface area (Å²) in [6, 6.07) is 76.6. The van der Waals surface area contributed by atoms with Gasteiger partial charge in [0.05, 0.1) is 22.9 Å². The summed E-state index contributed by atoms with van der Waals surface area (Å²) >= 11 is 1.87. The Morgan fingerprint density at radius 1 is 0.295 bits per heavy atom. The van der Waals surface area contributed by atoms with Crippen LogP contribution < -0.4 is 0 Å². The highest BCUT2D eigenvalue weighted by Crippen LogP contribution is 2.42. The molecule has 0 N–H and O–H groups in total. The highest BCUT2D eigenvalue weighted by molar-refractivity contribution is 7.26. The Morgan fingerprint density at radius 2 is 0.770 bits per heavy atom. The van der Waals surface area contributed by atoms with Crippen LogP contribution in [0.25, 0.3) is 120 Å². The van der Waals surface area contributed by atoms with Crippen molar-refractivity contribution in [2.45, 2.75) is 0 Å². The van der Waals surface area contributed by atoms with Gasteiger partial charge in [-0.15, -0.1) is 11.3 Å². The van der Waals surface area contributed by atoms with Crippen LogP contribution in [0.2, 0.25) is 0 Å². The maximum atomic E-state index is 5.42. The molecule has 12 rings (SSSR count). The lowest BCUT2D eigenvalue weighted by molar-refractivity contribution is 1.31. The van der Waals surface area contributed by atoms with Gasteiger partial charge in [-0.2, -0.15) is 0 Å². The largest absolute Gasteiger partial charge is 0.252 e. The number of thiophene rings is 1. The molecule has 0 radical (unpaired) electrons. The van der Waals surface area contributed by atoms with Gasteiger partial charge in [0.1, 0.15) is 0 Å². The molecule has 3 heteroatoms. The lowest BCUT2D eigenvalue weighted by Gasteiger charge is -2.14. The Morgan fingerprint density at radius 3 is 1.43 bits per heavy atom. The first-order valence-corrected chi connectivity index (χ1v) is 21.5. The smallest absolute Gasteiger partial charge is 0.0979 e. The van der Waals surface area contributed by atoms with E-state index in [0.29, 0.717) is 0 Å². The molecular weight excluding hydrogens is 757 g/mol. The van der Waals surface area contributed by atoms with E-state index in [9.17, 15) is 0 Å². The molecule has 0 aliphatic carbocycles. The third-order valence-corrected chi connectivity index (χ3v) is 13.3. The molecule has 61 heavy (non-hydrogen) atoms. The predicted molar refractivity (Wildman–Crippen MR) is 260 cm³/mol. The number of aromatic nitrogens is 2. The Bertz CT molecular complexity index is 3640. The summed E-state index contributed by atoms with van der Waals surface area (Å²) in [7, 11) is 0. The van der Waals surface area contributed by atoms with Crippen molar-refractivity contribution in [1.82, 2.24) is 9.97 Å². The van der Waals surface area contributed by atoms with Crippen LogP contribution in [0, 0.1) is 0 Å². The second kappa shape index (κ2) is 14.5. The number of benzene rings is 10. The lowest BCUT2D eigenvalue weighted by atomic mass is 9.93. The number of rotatable bonds is 6. The maximum absolute atomic E-state index is 5.42. The fourth-order valence-electron chi connectivity index (χ4n) is 9.06. The minimum Gasteiger partial charge on any atom is -0.252 e. The molecule has 0 unspecified atom stereocenters. The van der Waals surface area contributed by atoms with Crippen LogP contribution in [0.3, 0.4) is 0 Å². The molecule has 0 spiro atoms. The Hall–Kier alpha value is -7.72. The van der Waals surface area contributed by atoms with Crippen molar-refractivity contribution >= 4 is 64.1 Å². The van der Waals surface area contributed by atoms with E-state index in [-0.39, 0.29) is 0 Å². The number of fused-ring (bicyclic) bond motifs is 9. The molecule has 0 aliphatic rings. The third-order valence-electron chi connectivity index (χ3n) is 12.1. The van der Waals surface area contributed by atoms with E-state index < -0.39 is 0 Å². The summed E-state index contributed by atoms with van der Waals surface area (Å²) in [4.78, 5) is 10.6. The van der Waals surface area contributed by atoms with Crippen LogP contribution in [0.4, 0.5) is 0 Å². The van der Waals surface area contributed by atoms with Crippen molar-refractivity contribution in [1.29, 1.82) is 0 Å². The van der Waals surface area contributed by atoms with E-state index in [2.05, 4.69) is 212 Å². The van der Waals surface area contributed by atoms with Crippen molar-refractivity contribution in [2.75, 3.05) is 0 Å². The molecule has 0 aliphatic heterocycles. The van der Waals surface area contributed by atoms with Crippen molar-refractivity contribution in [3.05, 3.63) is 219 Å². The molecule has 2 aromatic heterocycles. The zero-order chi connectivity index (χ0) is 40.3. The standard InChI is InChI=1S/C58H36N2S/c1-3-13-37(14-4-1)43-27-29-49-52(34-43)53-35-44(38-15-5-2-6-16-38)28-30-50(53)57-56(49)59-36-54(60-57)46-22-11-20-42(33-46)40-18-9-17-39(31-40)41-19-10-21-45(32-41)47-24-12-25-51-48-23-7-8-26-55(48)61-58(47)51/h1-36H. The Labute approximate surface area is 357 Å². The van der Waals surface area contributed by atoms with Gasteiger partial charge in [0, 0.05) is 36.5 Å². The van der Waals surface area contributed by atoms with Gasteiger partial charge in [-0.1, -0.05) is 176 Å². The van der Waals surface area contributed by atoms with Gasteiger partial charge >= 0.3 is 0 Å². The van der Waals surface area contributed by atoms with Crippen LogP contribution in [0.15, 0.2) is 219 Å². The average Bonchev–Trinajstić information content (AvgIpc) is 3.73. The van der Waals surface area contributed by atoms with E-state index in [1.165, 1.54) is 75.5 Å². The van der Waals surface area contributed by atoms with E-state index in [0.717, 1.165) is 44.2 Å². The zero-order valence-electron chi connectivity index (χ0n) is 33.1. The lowest BCUT2D eigenvalue weighted by Crippen LogP contribution is -1.93. The van der Waals surface area contributed by atoms with Crippen molar-refractivity contribution in [3.8, 4) is 66.9 Å². The molecule has 2 heterocycles. The van der Waals surface area contributed by atoms with Crippen LogP contribution in [0.5, 0.6) is 0 Å². The summed E-state index contributed by atoms with van der Waals surface area (Å²) in [5.41, 5.74) is 15.6. The van der Waals surface area contributed by atoms with Gasteiger partial charge in [0.15, 0.2) is 0 Å². The second-order valence-corrected chi connectivity index (χ2v) is 16.8. The first kappa shape index (κ1) is 35.2. The molecule has 284 valence electrons. The van der Waals surface area contributed by atoms with Gasteiger partial charge in [0.2, 0.25) is 0 Å². The van der Waals surface area contributed by atoms with Crippen LogP contribution in [-0.2, 0) is 0 Å². The molecular formula is C58H36N2S. The Kier molecular flexibility index (Phi) is 8.39. The average molecular weight is 793 g/mol. The molecule has 2 nitrogen and oxygen atoms in total. The van der Waals surface area contributed by atoms with Crippen molar-refractivity contribution in [2.24, 2.45) is 0 Å². The van der Waals surface area contributed by atoms with Gasteiger partial charge in [-0.05, 0) is 103 Å². The highest BCUT2D eigenvalue weighted by Gasteiger charge is 2.16. The summed E-state index contributed by atoms with van der Waals surface area (Å²) in [5.74, 6) is 0. The minimum absolute atomic E-state index is 0.849. The fourth-order valence-corrected chi connectivity index (χ4v) is 10.3. The van der Waals surface area contributed by atoms with Crippen molar-refractivity contribution < 1.29 is 0 Å². The molecule has 0 amide bonds. The van der Waals surface area contributed by atoms with Gasteiger partial charge < -0.3 is 0 Å². The van der Waals surface area contributed by atoms with Crippen LogP contribution in [-0.4, -0.2) is 9.97 Å². The summed E-state index contributed by atoms with van der Waals surface area (Å²) in [5, 5.41) is 7.18. The quantitative estimate of drug-likeness (QED) is 0.157. The summed E-state index contributed by atoms with van der Waals surface area (Å²) < 4.78 is 2.65. The van der Waals surface area contributed by atoms with Gasteiger partial charge in [0.25, 0.3) is 0 Å². The summed E-state index contributed by atoms with van der Waals surface area (Å²) in [6.07, 6.45) is 1.94. The minimum atomic E-state index is 0.849. The highest BCUT2D eigenvalue weighted by atomic mass is 32.1. The molecule has 0 atom stereocenters. The fraction of sp³-hybridized carbons (Fsp3) is 0. The summed E-state index contributed by atoms with van der Waals surface area (Å²) in [6.45, 7) is 0. The van der Waals surface area contributed by atoms with Gasteiger partial charge in [-0.25, -0.2) is 4.98 Å². The van der Waals surface area contributed by atoms with Crippen molar-refractivity contribution in [3.63, 3.8) is 0 Å². The van der Waals surface area contributed by atoms with Crippen LogP contribution in [0.1, 0.15) is 0 Å². The molecule has 10 aromatic carbocycles. The number of hydrogen-bond acceptors (Lipinski definition) is 3. The first-order valence-electron chi connectivity index (χ1n) is 20.7. The monoisotopic (exact) mass is 792 g/mol. The predicted octanol–water partition coefficient (Wildman–Crippen LogP) is 16.3. The second-order valence-electron chi connectivity index (χ2n) is 15.7. The third kappa shape index (κ3) is 6.18. The molecule has 0 fully saturated rings. The van der Waals surface area contributed by atoms with E-state index >= 15 is 0 Å². The Balaban J connectivity index is 0.938. The van der Waals surface area contributed by atoms with E-state index in [1.807, 2.05) is 17.5 Å². The van der Waals surface area contributed by atoms with Crippen LogP contribution >= 0.6 is 11.3 Å². The maximum Gasteiger partial charge on any atom is 0.0979 e. The number of hydrogen-bond donors (Lipinski definition) is 0. The molecule has 12 aromatic rings. The first-order chi connectivity index (χ1) is 30.2. The molecule has 0 saturated carbocycles. The topological polar surface area (TPSA) is 25.8 Å². The van der Waals surface area contributed by atoms with E-state index in [1.54, 1.807) is 0 Å². The van der Waals surface area contributed by atoms with Gasteiger partial charge in [-0.3, -0.25) is 4.98 Å². The molecule has 0 saturated heterocycles. The zero-order valence-corrected chi connectivity index (χ0v) is 33.9. The molecule has 0 bridgehead atoms.